The van der Waals surface area contributed by atoms with Crippen molar-refractivity contribution in [1.29, 1.82) is 0 Å². The van der Waals surface area contributed by atoms with E-state index in [9.17, 15) is 4.79 Å². The SMILES string of the molecule is COc1cc(C)c(C=CC=O)c(C)c1. The first-order valence-corrected chi connectivity index (χ1v) is 4.46. The van der Waals surface area contributed by atoms with Crippen LogP contribution in [0.25, 0.3) is 6.08 Å². The Kier molecular flexibility index (Phi) is 3.46. The van der Waals surface area contributed by atoms with Gasteiger partial charge in [0.2, 0.25) is 0 Å². The zero-order valence-electron chi connectivity index (χ0n) is 8.70. The van der Waals surface area contributed by atoms with E-state index in [1.54, 1.807) is 7.11 Å². The molecule has 0 N–H and O–H groups in total. The van der Waals surface area contributed by atoms with Gasteiger partial charge in [-0.05, 0) is 48.7 Å². The molecule has 0 aromatic heterocycles. The monoisotopic (exact) mass is 190 g/mol. The lowest BCUT2D eigenvalue weighted by Crippen LogP contribution is -1.90. The molecule has 0 heterocycles. The predicted octanol–water partition coefficient (Wildman–Crippen LogP) is 2.52. The van der Waals surface area contributed by atoms with Gasteiger partial charge in [0.1, 0.15) is 12.0 Å². The average Bonchev–Trinajstić information content (AvgIpc) is 2.16. The summed E-state index contributed by atoms with van der Waals surface area (Å²) >= 11 is 0. The molecule has 0 aliphatic carbocycles. The zero-order chi connectivity index (χ0) is 10.6. The Labute approximate surface area is 84.2 Å². The van der Waals surface area contributed by atoms with Crippen LogP contribution in [0, 0.1) is 13.8 Å². The number of hydrogen-bond acceptors (Lipinski definition) is 2. The lowest BCUT2D eigenvalue weighted by Gasteiger charge is -2.08. The highest BCUT2D eigenvalue weighted by molar-refractivity contribution is 5.75. The Morgan fingerprint density at radius 1 is 1.21 bits per heavy atom. The van der Waals surface area contributed by atoms with Gasteiger partial charge in [0, 0.05) is 0 Å². The topological polar surface area (TPSA) is 26.3 Å². The van der Waals surface area contributed by atoms with Gasteiger partial charge >= 0.3 is 0 Å². The molecule has 0 amide bonds. The fourth-order valence-electron chi connectivity index (χ4n) is 1.45. The smallest absolute Gasteiger partial charge is 0.142 e. The van der Waals surface area contributed by atoms with Gasteiger partial charge in [-0.3, -0.25) is 4.79 Å². The maximum atomic E-state index is 10.2. The van der Waals surface area contributed by atoms with Crippen molar-refractivity contribution in [1.82, 2.24) is 0 Å². The van der Waals surface area contributed by atoms with Crippen molar-refractivity contribution in [2.24, 2.45) is 0 Å². The second kappa shape index (κ2) is 4.61. The summed E-state index contributed by atoms with van der Waals surface area (Å²) in [6.45, 7) is 4.00. The van der Waals surface area contributed by atoms with Crippen LogP contribution in [-0.2, 0) is 4.79 Å². The number of allylic oxidation sites excluding steroid dienone is 1. The number of carbonyl (C=O) groups is 1. The fraction of sp³-hybridized carbons (Fsp3) is 0.250. The number of hydrogen-bond donors (Lipinski definition) is 0. The fourth-order valence-corrected chi connectivity index (χ4v) is 1.45. The normalized spacial score (nSPS) is 10.5. The maximum absolute atomic E-state index is 10.2. The van der Waals surface area contributed by atoms with E-state index < -0.39 is 0 Å². The largest absolute Gasteiger partial charge is 0.497 e. The molecule has 0 atom stereocenters. The lowest BCUT2D eigenvalue weighted by molar-refractivity contribution is -0.104. The Hall–Kier alpha value is -1.57. The van der Waals surface area contributed by atoms with E-state index in [1.807, 2.05) is 32.1 Å². The minimum atomic E-state index is 0.781. The molecule has 1 aromatic rings. The van der Waals surface area contributed by atoms with Gasteiger partial charge in [-0.1, -0.05) is 6.08 Å². The number of methoxy groups -OCH3 is 1. The van der Waals surface area contributed by atoms with Gasteiger partial charge in [-0.2, -0.15) is 0 Å². The average molecular weight is 190 g/mol. The van der Waals surface area contributed by atoms with E-state index in [4.69, 9.17) is 4.74 Å². The van der Waals surface area contributed by atoms with E-state index in [-0.39, 0.29) is 0 Å². The summed E-state index contributed by atoms with van der Waals surface area (Å²) in [5, 5.41) is 0. The Morgan fingerprint density at radius 2 is 1.79 bits per heavy atom. The first-order valence-electron chi connectivity index (χ1n) is 4.46. The Morgan fingerprint density at radius 3 is 2.21 bits per heavy atom. The summed E-state index contributed by atoms with van der Waals surface area (Å²) in [4.78, 5) is 10.2. The van der Waals surface area contributed by atoms with Crippen molar-refractivity contribution in [3.63, 3.8) is 0 Å². The van der Waals surface area contributed by atoms with Gasteiger partial charge in [-0.25, -0.2) is 0 Å². The summed E-state index contributed by atoms with van der Waals surface area (Å²) in [6, 6.07) is 3.91. The van der Waals surface area contributed by atoms with E-state index in [0.717, 1.165) is 28.7 Å². The van der Waals surface area contributed by atoms with E-state index in [1.165, 1.54) is 6.08 Å². The van der Waals surface area contributed by atoms with Crippen molar-refractivity contribution in [2.45, 2.75) is 13.8 Å². The summed E-state index contributed by atoms with van der Waals surface area (Å²) < 4.78 is 5.14. The molecular weight excluding hydrogens is 176 g/mol. The second-order valence-corrected chi connectivity index (χ2v) is 3.17. The van der Waals surface area contributed by atoms with E-state index in [2.05, 4.69) is 0 Å². The molecule has 0 saturated carbocycles. The molecule has 1 rings (SSSR count). The number of rotatable bonds is 3. The van der Waals surface area contributed by atoms with Crippen molar-refractivity contribution in [3.05, 3.63) is 34.9 Å². The third kappa shape index (κ3) is 2.22. The molecule has 2 heteroatoms. The molecule has 0 radical (unpaired) electrons. The predicted molar refractivity (Wildman–Crippen MR) is 57.6 cm³/mol. The van der Waals surface area contributed by atoms with E-state index >= 15 is 0 Å². The van der Waals surface area contributed by atoms with Crippen LogP contribution in [-0.4, -0.2) is 13.4 Å². The van der Waals surface area contributed by atoms with Crippen LogP contribution in [0.2, 0.25) is 0 Å². The number of ether oxygens (including phenoxy) is 1. The quantitative estimate of drug-likeness (QED) is 0.540. The van der Waals surface area contributed by atoms with Crippen LogP contribution in [0.1, 0.15) is 16.7 Å². The van der Waals surface area contributed by atoms with Crippen molar-refractivity contribution >= 4 is 12.4 Å². The first-order chi connectivity index (χ1) is 6.69. The molecule has 14 heavy (non-hydrogen) atoms. The third-order valence-electron chi connectivity index (χ3n) is 2.14. The van der Waals surface area contributed by atoms with Crippen molar-refractivity contribution < 1.29 is 9.53 Å². The van der Waals surface area contributed by atoms with Gasteiger partial charge in [0.25, 0.3) is 0 Å². The number of aldehydes is 1. The Bertz CT molecular complexity index is 342. The lowest BCUT2D eigenvalue weighted by atomic mass is 10.0. The highest BCUT2D eigenvalue weighted by Gasteiger charge is 2.01. The number of benzene rings is 1. The molecule has 1 aromatic carbocycles. The van der Waals surface area contributed by atoms with Gasteiger partial charge in [-0.15, -0.1) is 0 Å². The van der Waals surface area contributed by atoms with Crippen LogP contribution in [0.5, 0.6) is 5.75 Å². The summed E-state index contributed by atoms with van der Waals surface area (Å²) in [6.07, 6.45) is 4.10. The maximum Gasteiger partial charge on any atom is 0.142 e. The van der Waals surface area contributed by atoms with Crippen molar-refractivity contribution in [2.75, 3.05) is 7.11 Å². The van der Waals surface area contributed by atoms with Crippen LogP contribution in [0.15, 0.2) is 18.2 Å². The number of carbonyl (C=O) groups excluding carboxylic acids is 1. The summed E-state index contributed by atoms with van der Waals surface area (Å²) in [7, 11) is 1.65. The molecule has 2 nitrogen and oxygen atoms in total. The zero-order valence-corrected chi connectivity index (χ0v) is 8.70. The number of aryl methyl sites for hydroxylation is 2. The van der Waals surface area contributed by atoms with Crippen LogP contribution in [0.3, 0.4) is 0 Å². The molecule has 0 bridgehead atoms. The standard InChI is InChI=1S/C12H14O2/c1-9-7-11(14-3)8-10(2)12(9)5-4-6-13/h4-8H,1-3H3. The molecule has 0 spiro atoms. The molecule has 0 aliphatic heterocycles. The molecule has 0 unspecified atom stereocenters. The Balaban J connectivity index is 3.17. The second-order valence-electron chi connectivity index (χ2n) is 3.17. The van der Waals surface area contributed by atoms with Gasteiger partial charge in [0.15, 0.2) is 0 Å². The summed E-state index contributed by atoms with van der Waals surface area (Å²) in [5.41, 5.74) is 3.30. The van der Waals surface area contributed by atoms with E-state index in [0.29, 0.717) is 0 Å². The third-order valence-corrected chi connectivity index (χ3v) is 2.14. The molecule has 74 valence electrons. The summed E-state index contributed by atoms with van der Waals surface area (Å²) in [5.74, 6) is 0.850. The molecule has 0 saturated heterocycles. The molecule has 0 aliphatic rings. The van der Waals surface area contributed by atoms with Crippen LogP contribution < -0.4 is 4.74 Å². The highest BCUT2D eigenvalue weighted by Crippen LogP contribution is 2.22. The minimum absolute atomic E-state index is 0.781. The minimum Gasteiger partial charge on any atom is -0.497 e. The molecule has 0 fully saturated rings. The molecular formula is C12H14O2. The highest BCUT2D eigenvalue weighted by atomic mass is 16.5. The van der Waals surface area contributed by atoms with Crippen LogP contribution in [0.4, 0.5) is 0 Å². The van der Waals surface area contributed by atoms with Gasteiger partial charge in [0.05, 0.1) is 7.11 Å². The first kappa shape index (κ1) is 10.5. The van der Waals surface area contributed by atoms with Crippen molar-refractivity contribution in [3.8, 4) is 5.75 Å². The van der Waals surface area contributed by atoms with Crippen LogP contribution >= 0.6 is 0 Å². The van der Waals surface area contributed by atoms with Gasteiger partial charge < -0.3 is 4.74 Å².